The van der Waals surface area contributed by atoms with Crippen LogP contribution in [0.1, 0.15) is 24.8 Å². The van der Waals surface area contributed by atoms with Crippen molar-refractivity contribution in [3.05, 3.63) is 30.0 Å². The molecule has 2 fully saturated rings. The maximum Gasteiger partial charge on any atom is 0.168 e. The predicted molar refractivity (Wildman–Crippen MR) is 88.7 cm³/mol. The molecule has 1 N–H and O–H groups in total. The Bertz CT molecular complexity index is 785. The van der Waals surface area contributed by atoms with Gasteiger partial charge in [0.05, 0.1) is 12.8 Å². The van der Waals surface area contributed by atoms with Crippen LogP contribution >= 0.6 is 0 Å². The third-order valence-electron chi connectivity index (χ3n) is 5.30. The average Bonchev–Trinajstić information content (AvgIpc) is 3.09. The Morgan fingerprint density at radius 3 is 3.00 bits per heavy atom. The number of aromatic amines is 1. The third kappa shape index (κ3) is 2.14. The van der Waals surface area contributed by atoms with E-state index in [2.05, 4.69) is 33.2 Å². The molecule has 2 aromatic rings. The first-order chi connectivity index (χ1) is 11.3. The van der Waals surface area contributed by atoms with E-state index in [1.54, 1.807) is 7.11 Å². The maximum atomic E-state index is 5.78. The van der Waals surface area contributed by atoms with Gasteiger partial charge in [0, 0.05) is 54.6 Å². The Morgan fingerprint density at radius 2 is 2.22 bits per heavy atom. The summed E-state index contributed by atoms with van der Waals surface area (Å²) in [7, 11) is 1.75. The lowest BCUT2D eigenvalue weighted by molar-refractivity contribution is -0.128. The molecular formula is C18H21N3O2. The summed E-state index contributed by atoms with van der Waals surface area (Å²) >= 11 is 0. The van der Waals surface area contributed by atoms with Crippen molar-refractivity contribution < 1.29 is 9.57 Å². The number of oxime groups is 1. The normalized spacial score (nSPS) is 22.9. The van der Waals surface area contributed by atoms with Crippen LogP contribution < -0.4 is 4.74 Å². The zero-order chi connectivity index (χ0) is 15.4. The van der Waals surface area contributed by atoms with Gasteiger partial charge in [-0.1, -0.05) is 11.2 Å². The van der Waals surface area contributed by atoms with Gasteiger partial charge >= 0.3 is 0 Å². The molecule has 1 aromatic carbocycles. The quantitative estimate of drug-likeness (QED) is 0.944. The molecule has 0 atom stereocenters. The Labute approximate surface area is 135 Å². The van der Waals surface area contributed by atoms with Gasteiger partial charge in [0.2, 0.25) is 0 Å². The fourth-order valence-electron chi connectivity index (χ4n) is 3.99. The smallest absolute Gasteiger partial charge is 0.168 e. The van der Waals surface area contributed by atoms with Crippen molar-refractivity contribution in [1.82, 2.24) is 9.88 Å². The number of fused-ring (bicyclic) bond motifs is 1. The van der Waals surface area contributed by atoms with E-state index < -0.39 is 0 Å². The van der Waals surface area contributed by atoms with Gasteiger partial charge in [-0.05, 0) is 25.0 Å². The lowest BCUT2D eigenvalue weighted by Gasteiger charge is -2.45. The van der Waals surface area contributed by atoms with Gasteiger partial charge in [-0.15, -0.1) is 0 Å². The Kier molecular flexibility index (Phi) is 2.77. The van der Waals surface area contributed by atoms with Gasteiger partial charge in [-0.25, -0.2) is 0 Å². The first-order valence-corrected chi connectivity index (χ1v) is 8.37. The van der Waals surface area contributed by atoms with E-state index in [0.29, 0.717) is 0 Å². The molecule has 3 heterocycles. The van der Waals surface area contributed by atoms with E-state index in [-0.39, 0.29) is 5.60 Å². The van der Waals surface area contributed by atoms with Crippen molar-refractivity contribution in [2.24, 2.45) is 11.1 Å². The highest BCUT2D eigenvalue weighted by molar-refractivity contribution is 5.90. The van der Waals surface area contributed by atoms with E-state index in [1.807, 2.05) is 6.20 Å². The van der Waals surface area contributed by atoms with Crippen LogP contribution in [0.25, 0.3) is 10.9 Å². The highest BCUT2D eigenvalue weighted by Gasteiger charge is 2.51. The average molecular weight is 311 g/mol. The molecule has 0 amide bonds. The number of ether oxygens (including phenoxy) is 1. The van der Waals surface area contributed by atoms with Gasteiger partial charge in [0.15, 0.2) is 5.60 Å². The molecule has 1 saturated heterocycles. The van der Waals surface area contributed by atoms with Crippen LogP contribution in [0.2, 0.25) is 0 Å². The molecule has 0 radical (unpaired) electrons. The van der Waals surface area contributed by atoms with E-state index in [4.69, 9.17) is 9.57 Å². The van der Waals surface area contributed by atoms with Crippen molar-refractivity contribution in [2.45, 2.75) is 31.4 Å². The molecule has 23 heavy (non-hydrogen) atoms. The zero-order valence-corrected chi connectivity index (χ0v) is 13.3. The van der Waals surface area contributed by atoms with E-state index in [9.17, 15) is 0 Å². The molecule has 120 valence electrons. The van der Waals surface area contributed by atoms with Crippen LogP contribution in [-0.4, -0.2) is 41.4 Å². The minimum atomic E-state index is -0.0383. The summed E-state index contributed by atoms with van der Waals surface area (Å²) in [5, 5.41) is 5.49. The van der Waals surface area contributed by atoms with Crippen molar-refractivity contribution in [3.63, 3.8) is 0 Å². The highest BCUT2D eigenvalue weighted by Crippen LogP contribution is 2.42. The molecule has 0 unspecified atom stereocenters. The van der Waals surface area contributed by atoms with E-state index >= 15 is 0 Å². The van der Waals surface area contributed by atoms with Crippen molar-refractivity contribution in [2.75, 3.05) is 20.2 Å². The summed E-state index contributed by atoms with van der Waals surface area (Å²) in [5.41, 5.74) is 3.61. The van der Waals surface area contributed by atoms with Gasteiger partial charge in [-0.3, -0.25) is 4.90 Å². The van der Waals surface area contributed by atoms with Crippen LogP contribution in [-0.2, 0) is 11.4 Å². The summed E-state index contributed by atoms with van der Waals surface area (Å²) in [6, 6.07) is 6.36. The molecule has 5 nitrogen and oxygen atoms in total. The zero-order valence-electron chi connectivity index (χ0n) is 13.3. The molecule has 5 rings (SSSR count). The number of likely N-dealkylation sites (tertiary alicyclic amines) is 1. The summed E-state index contributed by atoms with van der Waals surface area (Å²) in [4.78, 5) is 11.4. The SMILES string of the molecule is COc1c(CN2CC3(CC(C4CC4)=NO3)C2)ccc2[nH]ccc12. The second-order valence-corrected chi connectivity index (χ2v) is 7.15. The Hall–Kier alpha value is -2.01. The van der Waals surface area contributed by atoms with Gasteiger partial charge in [0.25, 0.3) is 0 Å². The number of aromatic nitrogens is 1. The molecule has 1 saturated carbocycles. The first kappa shape index (κ1) is 13.4. The number of benzene rings is 1. The number of nitrogens with one attached hydrogen (secondary N) is 1. The second-order valence-electron chi connectivity index (χ2n) is 7.15. The molecule has 1 aromatic heterocycles. The molecule has 2 aliphatic heterocycles. The number of hydrogen-bond acceptors (Lipinski definition) is 4. The fourth-order valence-corrected chi connectivity index (χ4v) is 3.99. The third-order valence-corrected chi connectivity index (χ3v) is 5.30. The lowest BCUT2D eigenvalue weighted by atomic mass is 9.87. The monoisotopic (exact) mass is 311 g/mol. The molecule has 1 aliphatic carbocycles. The number of H-pyrrole nitrogens is 1. The van der Waals surface area contributed by atoms with Crippen molar-refractivity contribution in [3.8, 4) is 5.75 Å². The Balaban J connectivity index is 1.29. The molecule has 5 heteroatoms. The van der Waals surface area contributed by atoms with Gasteiger partial charge in [-0.2, -0.15) is 0 Å². The van der Waals surface area contributed by atoms with Gasteiger partial charge < -0.3 is 14.6 Å². The summed E-state index contributed by atoms with van der Waals surface area (Å²) < 4.78 is 5.66. The van der Waals surface area contributed by atoms with Crippen molar-refractivity contribution in [1.29, 1.82) is 0 Å². The lowest BCUT2D eigenvalue weighted by Crippen LogP contribution is -2.61. The van der Waals surface area contributed by atoms with Gasteiger partial charge in [0.1, 0.15) is 5.75 Å². The number of methoxy groups -OCH3 is 1. The number of hydrogen-bond donors (Lipinski definition) is 1. The van der Waals surface area contributed by atoms with Crippen LogP contribution in [0.15, 0.2) is 29.6 Å². The maximum absolute atomic E-state index is 5.78. The number of rotatable bonds is 4. The summed E-state index contributed by atoms with van der Waals surface area (Å²) in [5.74, 6) is 1.70. The molecule has 1 spiro atoms. The summed E-state index contributed by atoms with van der Waals surface area (Å²) in [6.45, 7) is 2.82. The van der Waals surface area contributed by atoms with E-state index in [0.717, 1.165) is 48.6 Å². The molecule has 3 aliphatic rings. The minimum Gasteiger partial charge on any atom is -0.496 e. The van der Waals surface area contributed by atoms with Crippen molar-refractivity contribution >= 4 is 16.6 Å². The standard InChI is InChI=1S/C18H21N3O2/c1-22-17-13(4-5-15-14(17)6-7-19-15)9-21-10-18(11-21)8-16(20-23-18)12-2-3-12/h4-7,12,19H,2-3,8-11H2,1H3. The van der Waals surface area contributed by atoms with Crippen LogP contribution in [0.4, 0.5) is 0 Å². The van der Waals surface area contributed by atoms with Crippen LogP contribution in [0.3, 0.4) is 0 Å². The first-order valence-electron chi connectivity index (χ1n) is 8.37. The number of nitrogens with zero attached hydrogens (tertiary/aromatic N) is 2. The topological polar surface area (TPSA) is 49.9 Å². The second kappa shape index (κ2) is 4.74. The largest absolute Gasteiger partial charge is 0.496 e. The molecular weight excluding hydrogens is 290 g/mol. The highest BCUT2D eigenvalue weighted by atomic mass is 16.7. The van der Waals surface area contributed by atoms with E-state index in [1.165, 1.54) is 24.1 Å². The fraction of sp³-hybridized carbons (Fsp3) is 0.500. The minimum absolute atomic E-state index is 0.0383. The van der Waals surface area contributed by atoms with Crippen LogP contribution in [0, 0.1) is 5.92 Å². The van der Waals surface area contributed by atoms with Crippen LogP contribution in [0.5, 0.6) is 5.75 Å². The molecule has 0 bridgehead atoms. The summed E-state index contributed by atoms with van der Waals surface area (Å²) in [6.07, 6.45) is 5.59. The predicted octanol–water partition coefficient (Wildman–Crippen LogP) is 2.92. The Morgan fingerprint density at radius 1 is 1.35 bits per heavy atom.